The van der Waals surface area contributed by atoms with E-state index in [0.717, 1.165) is 12.8 Å². The zero-order chi connectivity index (χ0) is 18.6. The van der Waals surface area contributed by atoms with Gasteiger partial charge in [0, 0.05) is 5.92 Å². The summed E-state index contributed by atoms with van der Waals surface area (Å²) in [5.41, 5.74) is -0.214. The van der Waals surface area contributed by atoms with Gasteiger partial charge in [0.25, 0.3) is 5.91 Å². The third kappa shape index (κ3) is 2.26. The van der Waals surface area contributed by atoms with Gasteiger partial charge >= 0.3 is 0 Å². The van der Waals surface area contributed by atoms with E-state index in [-0.39, 0.29) is 29.8 Å². The first-order valence-electron chi connectivity index (χ1n) is 8.87. The highest BCUT2D eigenvalue weighted by Crippen LogP contribution is 2.46. The van der Waals surface area contributed by atoms with Crippen molar-refractivity contribution in [1.82, 2.24) is 5.32 Å². The van der Waals surface area contributed by atoms with E-state index in [0.29, 0.717) is 22.6 Å². The highest BCUT2D eigenvalue weighted by molar-refractivity contribution is 6.23. The second kappa shape index (κ2) is 5.61. The van der Waals surface area contributed by atoms with Crippen LogP contribution in [0.3, 0.4) is 0 Å². The fraction of sp³-hybridized carbons (Fsp3) is 0.238. The van der Waals surface area contributed by atoms with Crippen molar-refractivity contribution in [3.63, 3.8) is 0 Å². The van der Waals surface area contributed by atoms with E-state index < -0.39 is 11.4 Å². The molecule has 0 bridgehead atoms. The number of rotatable bonds is 4. The first-order chi connectivity index (χ1) is 13.1. The lowest BCUT2D eigenvalue weighted by Crippen LogP contribution is -2.43. The number of hydrogen-bond acceptors (Lipinski definition) is 5. The number of hydrogen-bond donors (Lipinski definition) is 2. The fourth-order valence-corrected chi connectivity index (χ4v) is 3.77. The minimum absolute atomic E-state index is 0.122. The molecule has 5 rings (SSSR count). The van der Waals surface area contributed by atoms with Gasteiger partial charge in [-0.05, 0) is 36.1 Å². The molecule has 6 heteroatoms. The summed E-state index contributed by atoms with van der Waals surface area (Å²) in [5.74, 6) is -0.129. The first-order valence-corrected chi connectivity index (χ1v) is 8.87. The zero-order valence-corrected chi connectivity index (χ0v) is 14.4. The number of benzene rings is 2. The lowest BCUT2D eigenvalue weighted by molar-refractivity contribution is -0.122. The second-order valence-electron chi connectivity index (χ2n) is 7.00. The number of carbonyl (C=O) groups excluding carboxylic acids is 2. The highest BCUT2D eigenvalue weighted by atomic mass is 16.7. The lowest BCUT2D eigenvalue weighted by Gasteiger charge is -2.31. The standard InChI is InChI=1S/C21H17NO5/c23-18(12-6-7-12)17-19(24)21(22-20(17)25,13-4-2-1-3-5-13)14-8-9-15-16(10-14)27-11-26-15/h1-5,8-10,12,24H,6-7,11H2,(H,22,25). The molecule has 136 valence electrons. The number of ketones is 1. The lowest BCUT2D eigenvalue weighted by atomic mass is 9.81. The van der Waals surface area contributed by atoms with Gasteiger partial charge in [0.1, 0.15) is 16.9 Å². The Balaban J connectivity index is 1.73. The summed E-state index contributed by atoms with van der Waals surface area (Å²) in [6.07, 6.45) is 1.51. The van der Waals surface area contributed by atoms with Crippen LogP contribution < -0.4 is 14.8 Å². The van der Waals surface area contributed by atoms with Crippen molar-refractivity contribution < 1.29 is 24.2 Å². The number of aliphatic hydroxyl groups excluding tert-OH is 1. The third-order valence-corrected chi connectivity index (χ3v) is 5.33. The minimum Gasteiger partial charge on any atom is -0.508 e. The van der Waals surface area contributed by atoms with Gasteiger partial charge in [-0.3, -0.25) is 9.59 Å². The fourth-order valence-electron chi connectivity index (χ4n) is 3.77. The van der Waals surface area contributed by atoms with E-state index in [9.17, 15) is 14.7 Å². The van der Waals surface area contributed by atoms with Gasteiger partial charge < -0.3 is 19.9 Å². The SMILES string of the molecule is O=C1NC(c2ccccc2)(c2ccc3c(c2)OCO3)C(O)=C1C(=O)C1CC1. The summed E-state index contributed by atoms with van der Waals surface area (Å²) in [6.45, 7) is 0.122. The van der Waals surface area contributed by atoms with Crippen LogP contribution in [0.1, 0.15) is 24.0 Å². The van der Waals surface area contributed by atoms with Crippen molar-refractivity contribution in [3.8, 4) is 11.5 Å². The van der Waals surface area contributed by atoms with Crippen molar-refractivity contribution in [2.24, 2.45) is 5.92 Å². The first kappa shape index (κ1) is 15.9. The van der Waals surface area contributed by atoms with Crippen LogP contribution in [-0.2, 0) is 15.1 Å². The molecule has 1 unspecified atom stereocenters. The Labute approximate surface area is 155 Å². The molecule has 1 atom stereocenters. The summed E-state index contributed by atoms with van der Waals surface area (Å²) in [4.78, 5) is 25.4. The number of Topliss-reactive ketones (excluding diaryl/α,β-unsaturated/α-hetero) is 1. The maximum atomic E-state index is 12.7. The van der Waals surface area contributed by atoms with Gasteiger partial charge in [-0.15, -0.1) is 0 Å². The van der Waals surface area contributed by atoms with E-state index in [1.807, 2.05) is 30.3 Å². The molecule has 1 saturated carbocycles. The minimum atomic E-state index is -1.33. The van der Waals surface area contributed by atoms with E-state index in [4.69, 9.17) is 9.47 Å². The Kier molecular flexibility index (Phi) is 3.31. The Morgan fingerprint density at radius 3 is 2.52 bits per heavy atom. The van der Waals surface area contributed by atoms with Gasteiger partial charge in [0.15, 0.2) is 17.3 Å². The molecule has 2 N–H and O–H groups in total. The molecule has 27 heavy (non-hydrogen) atoms. The molecule has 1 amide bonds. The molecule has 2 heterocycles. The Bertz CT molecular complexity index is 993. The monoisotopic (exact) mass is 363 g/mol. The third-order valence-electron chi connectivity index (χ3n) is 5.33. The number of nitrogens with one attached hydrogen (secondary N) is 1. The van der Waals surface area contributed by atoms with Crippen LogP contribution >= 0.6 is 0 Å². The van der Waals surface area contributed by atoms with Crippen LogP contribution in [0.4, 0.5) is 0 Å². The Morgan fingerprint density at radius 2 is 1.78 bits per heavy atom. The summed E-state index contributed by atoms with van der Waals surface area (Å²) in [6, 6.07) is 14.4. The van der Waals surface area contributed by atoms with Gasteiger partial charge in [-0.1, -0.05) is 36.4 Å². The normalized spacial score (nSPS) is 23.5. The van der Waals surface area contributed by atoms with Gasteiger partial charge in [0.2, 0.25) is 6.79 Å². The maximum Gasteiger partial charge on any atom is 0.259 e. The maximum absolute atomic E-state index is 12.7. The molecular formula is C21H17NO5. The molecule has 1 aliphatic carbocycles. The number of fused-ring (bicyclic) bond motifs is 1. The smallest absolute Gasteiger partial charge is 0.259 e. The van der Waals surface area contributed by atoms with Gasteiger partial charge in [-0.25, -0.2) is 0 Å². The van der Waals surface area contributed by atoms with Crippen LogP contribution in [0.5, 0.6) is 11.5 Å². The van der Waals surface area contributed by atoms with Crippen LogP contribution in [0.15, 0.2) is 59.9 Å². The predicted molar refractivity (Wildman–Crippen MR) is 95.3 cm³/mol. The van der Waals surface area contributed by atoms with E-state index >= 15 is 0 Å². The molecular weight excluding hydrogens is 346 g/mol. The Hall–Kier alpha value is -3.28. The molecule has 2 aromatic carbocycles. The summed E-state index contributed by atoms with van der Waals surface area (Å²) in [5, 5.41) is 14.0. The molecule has 0 radical (unpaired) electrons. The largest absolute Gasteiger partial charge is 0.508 e. The average Bonchev–Trinajstić information content (AvgIpc) is 3.37. The molecule has 0 saturated heterocycles. The summed E-state index contributed by atoms with van der Waals surface area (Å²) < 4.78 is 10.8. The molecule has 6 nitrogen and oxygen atoms in total. The van der Waals surface area contributed by atoms with Gasteiger partial charge in [0.05, 0.1) is 0 Å². The van der Waals surface area contributed by atoms with Crippen LogP contribution in [0, 0.1) is 5.92 Å². The van der Waals surface area contributed by atoms with Crippen molar-refractivity contribution in [1.29, 1.82) is 0 Å². The van der Waals surface area contributed by atoms with Crippen LogP contribution in [0.2, 0.25) is 0 Å². The number of amides is 1. The number of carbonyl (C=O) groups is 2. The average molecular weight is 363 g/mol. The number of aliphatic hydroxyl groups is 1. The topological polar surface area (TPSA) is 84.9 Å². The second-order valence-corrected chi connectivity index (χ2v) is 7.00. The molecule has 2 aromatic rings. The van der Waals surface area contributed by atoms with Crippen molar-refractivity contribution >= 4 is 11.7 Å². The van der Waals surface area contributed by atoms with Crippen LogP contribution in [-0.4, -0.2) is 23.6 Å². The summed E-state index contributed by atoms with van der Waals surface area (Å²) in [7, 11) is 0. The quantitative estimate of drug-likeness (QED) is 0.816. The number of ether oxygens (including phenoxy) is 2. The van der Waals surface area contributed by atoms with E-state index in [2.05, 4.69) is 5.32 Å². The van der Waals surface area contributed by atoms with E-state index in [1.165, 1.54) is 0 Å². The molecule has 0 aromatic heterocycles. The van der Waals surface area contributed by atoms with Crippen LogP contribution in [0.25, 0.3) is 0 Å². The molecule has 3 aliphatic rings. The molecule has 0 spiro atoms. The Morgan fingerprint density at radius 1 is 1.04 bits per heavy atom. The molecule has 2 aliphatic heterocycles. The van der Waals surface area contributed by atoms with Gasteiger partial charge in [-0.2, -0.15) is 0 Å². The van der Waals surface area contributed by atoms with E-state index in [1.54, 1.807) is 18.2 Å². The highest BCUT2D eigenvalue weighted by Gasteiger charge is 2.52. The zero-order valence-electron chi connectivity index (χ0n) is 14.4. The van der Waals surface area contributed by atoms with Crippen molar-refractivity contribution in [2.45, 2.75) is 18.4 Å². The predicted octanol–water partition coefficient (Wildman–Crippen LogP) is 2.58. The van der Waals surface area contributed by atoms with Crippen molar-refractivity contribution in [2.75, 3.05) is 6.79 Å². The van der Waals surface area contributed by atoms with Crippen molar-refractivity contribution in [3.05, 3.63) is 71.0 Å². The summed E-state index contributed by atoms with van der Waals surface area (Å²) >= 11 is 0. The molecule has 1 fully saturated rings.